The van der Waals surface area contributed by atoms with Gasteiger partial charge < -0.3 is 9.84 Å². The molecule has 2 aromatic rings. The molecule has 0 aromatic carbocycles. The van der Waals surface area contributed by atoms with Gasteiger partial charge in [0.15, 0.2) is 0 Å². The van der Waals surface area contributed by atoms with E-state index in [1.54, 1.807) is 12.4 Å². The Morgan fingerprint density at radius 1 is 1.45 bits per heavy atom. The molecule has 1 N–H and O–H groups in total. The van der Waals surface area contributed by atoms with E-state index in [2.05, 4.69) is 10.1 Å². The summed E-state index contributed by atoms with van der Waals surface area (Å²) >= 11 is 0. The highest BCUT2D eigenvalue weighted by Gasteiger charge is 2.40. The second-order valence-corrected chi connectivity index (χ2v) is 4.98. The zero-order valence-electron chi connectivity index (χ0n) is 11.3. The van der Waals surface area contributed by atoms with Crippen LogP contribution in [0.4, 0.5) is 0 Å². The smallest absolute Gasteiger partial charge is 0.345 e. The molecule has 20 heavy (non-hydrogen) atoms. The Morgan fingerprint density at radius 3 is 2.75 bits per heavy atom. The largest absolute Gasteiger partial charge is 0.478 e. The van der Waals surface area contributed by atoms with Crippen LogP contribution in [0.5, 0.6) is 5.88 Å². The van der Waals surface area contributed by atoms with Gasteiger partial charge in [-0.15, -0.1) is 5.10 Å². The number of carboxylic acids is 1. The Bertz CT molecular complexity index is 651. The van der Waals surface area contributed by atoms with Gasteiger partial charge >= 0.3 is 5.97 Å². The molecular weight excluding hydrogens is 258 g/mol. The van der Waals surface area contributed by atoms with E-state index >= 15 is 0 Å². The number of nitrogens with zero attached hydrogens (tertiary/aromatic N) is 3. The van der Waals surface area contributed by atoms with E-state index in [0.29, 0.717) is 12.4 Å². The van der Waals surface area contributed by atoms with Gasteiger partial charge in [-0.25, -0.2) is 4.79 Å². The molecule has 1 aliphatic rings. The molecule has 2 atom stereocenters. The van der Waals surface area contributed by atoms with Crippen LogP contribution in [0, 0.1) is 6.92 Å². The maximum absolute atomic E-state index is 11.1. The number of carbonyl (C=O) groups is 1. The summed E-state index contributed by atoms with van der Waals surface area (Å²) in [7, 11) is 0. The monoisotopic (exact) mass is 273 g/mol. The molecule has 0 saturated heterocycles. The summed E-state index contributed by atoms with van der Waals surface area (Å²) < 4.78 is 7.28. The molecule has 0 amide bonds. The third kappa shape index (κ3) is 1.93. The standard InChI is InChI=1S/C14H15N3O3/c1-8-11-9(2)17(7-10-3-5-15-6-4-10)16-13(11)20-12(8)14(18)19/h3-6,8,12H,7H2,1-2H3,(H,18,19). The third-order valence-corrected chi connectivity index (χ3v) is 3.69. The van der Waals surface area contributed by atoms with E-state index in [0.717, 1.165) is 16.8 Å². The van der Waals surface area contributed by atoms with E-state index in [4.69, 9.17) is 9.84 Å². The van der Waals surface area contributed by atoms with Crippen LogP contribution in [0.15, 0.2) is 24.5 Å². The first kappa shape index (κ1) is 12.7. The molecular formula is C14H15N3O3. The van der Waals surface area contributed by atoms with Crippen molar-refractivity contribution in [3.05, 3.63) is 41.3 Å². The number of hydrogen-bond donors (Lipinski definition) is 1. The van der Waals surface area contributed by atoms with Crippen LogP contribution >= 0.6 is 0 Å². The number of hydrogen-bond acceptors (Lipinski definition) is 4. The summed E-state index contributed by atoms with van der Waals surface area (Å²) in [6, 6.07) is 3.85. The van der Waals surface area contributed by atoms with Crippen LogP contribution in [0.3, 0.4) is 0 Å². The van der Waals surface area contributed by atoms with Gasteiger partial charge in [-0.2, -0.15) is 0 Å². The lowest BCUT2D eigenvalue weighted by Crippen LogP contribution is -2.28. The van der Waals surface area contributed by atoms with Crippen molar-refractivity contribution in [2.45, 2.75) is 32.4 Å². The Kier molecular flexibility index (Phi) is 2.93. The maximum Gasteiger partial charge on any atom is 0.345 e. The minimum Gasteiger partial charge on any atom is -0.478 e. The number of pyridine rings is 1. The fourth-order valence-electron chi connectivity index (χ4n) is 2.60. The van der Waals surface area contributed by atoms with Crippen molar-refractivity contribution < 1.29 is 14.6 Å². The highest BCUT2D eigenvalue weighted by Crippen LogP contribution is 2.39. The SMILES string of the molecule is Cc1c2c(nn1Cc1ccncc1)OC(C(=O)O)C2C. The molecule has 2 aromatic heterocycles. The lowest BCUT2D eigenvalue weighted by molar-refractivity contribution is -0.145. The number of ether oxygens (including phenoxy) is 1. The number of fused-ring (bicyclic) bond motifs is 1. The fourth-order valence-corrected chi connectivity index (χ4v) is 2.60. The van der Waals surface area contributed by atoms with Crippen molar-refractivity contribution in [2.75, 3.05) is 0 Å². The second kappa shape index (κ2) is 4.63. The summed E-state index contributed by atoms with van der Waals surface area (Å²) in [4.78, 5) is 15.1. The molecule has 0 radical (unpaired) electrons. The number of carboxylic acid groups (broad SMARTS) is 1. The Hall–Kier alpha value is -2.37. The molecule has 3 rings (SSSR count). The summed E-state index contributed by atoms with van der Waals surface area (Å²) in [5.74, 6) is -0.694. The van der Waals surface area contributed by atoms with Gasteiger partial charge in [0.1, 0.15) is 0 Å². The van der Waals surface area contributed by atoms with E-state index in [1.807, 2.05) is 30.7 Å². The molecule has 0 bridgehead atoms. The Labute approximate surface area is 116 Å². The van der Waals surface area contributed by atoms with Gasteiger partial charge in [0.2, 0.25) is 12.0 Å². The second-order valence-electron chi connectivity index (χ2n) is 4.98. The van der Waals surface area contributed by atoms with Gasteiger partial charge in [0.25, 0.3) is 0 Å². The molecule has 0 fully saturated rings. The summed E-state index contributed by atoms with van der Waals surface area (Å²) in [6.07, 6.45) is 2.64. The van der Waals surface area contributed by atoms with Gasteiger partial charge in [-0.1, -0.05) is 6.92 Å². The van der Waals surface area contributed by atoms with Crippen LogP contribution in [-0.4, -0.2) is 31.9 Å². The van der Waals surface area contributed by atoms with E-state index in [-0.39, 0.29) is 5.92 Å². The third-order valence-electron chi connectivity index (χ3n) is 3.69. The van der Waals surface area contributed by atoms with Crippen LogP contribution in [0.1, 0.15) is 29.7 Å². The number of aromatic nitrogens is 3. The van der Waals surface area contributed by atoms with Crippen LogP contribution < -0.4 is 4.74 Å². The van der Waals surface area contributed by atoms with Gasteiger partial charge in [-0.05, 0) is 24.6 Å². The lowest BCUT2D eigenvalue weighted by Gasteiger charge is -2.12. The summed E-state index contributed by atoms with van der Waals surface area (Å²) in [5, 5.41) is 13.5. The van der Waals surface area contributed by atoms with Crippen molar-refractivity contribution in [3.8, 4) is 5.88 Å². The van der Waals surface area contributed by atoms with Gasteiger partial charge in [0.05, 0.1) is 6.54 Å². The molecule has 6 heteroatoms. The molecule has 1 aliphatic heterocycles. The van der Waals surface area contributed by atoms with Crippen molar-refractivity contribution in [2.24, 2.45) is 0 Å². The molecule has 0 aliphatic carbocycles. The molecule has 0 spiro atoms. The lowest BCUT2D eigenvalue weighted by atomic mass is 9.98. The topological polar surface area (TPSA) is 77.2 Å². The fraction of sp³-hybridized carbons (Fsp3) is 0.357. The normalized spacial score (nSPS) is 20.5. The van der Waals surface area contributed by atoms with E-state index in [1.165, 1.54) is 0 Å². The van der Waals surface area contributed by atoms with Crippen LogP contribution in [0.25, 0.3) is 0 Å². The molecule has 6 nitrogen and oxygen atoms in total. The number of aliphatic carboxylic acids is 1. The van der Waals surface area contributed by atoms with Crippen LogP contribution in [-0.2, 0) is 11.3 Å². The molecule has 3 heterocycles. The first-order valence-electron chi connectivity index (χ1n) is 6.43. The first-order chi connectivity index (χ1) is 9.58. The summed E-state index contributed by atoms with van der Waals surface area (Å²) in [5.41, 5.74) is 2.94. The predicted octanol–water partition coefficient (Wildman–Crippen LogP) is 1.58. The Balaban J connectivity index is 1.90. The highest BCUT2D eigenvalue weighted by atomic mass is 16.5. The van der Waals surface area contributed by atoms with Crippen molar-refractivity contribution in [1.82, 2.24) is 14.8 Å². The summed E-state index contributed by atoms with van der Waals surface area (Å²) in [6.45, 7) is 4.42. The van der Waals surface area contributed by atoms with Crippen molar-refractivity contribution >= 4 is 5.97 Å². The van der Waals surface area contributed by atoms with Crippen molar-refractivity contribution in [1.29, 1.82) is 0 Å². The molecule has 2 unspecified atom stereocenters. The maximum atomic E-state index is 11.1. The number of rotatable bonds is 3. The Morgan fingerprint density at radius 2 is 2.15 bits per heavy atom. The zero-order valence-corrected chi connectivity index (χ0v) is 11.3. The minimum absolute atomic E-state index is 0.186. The first-order valence-corrected chi connectivity index (χ1v) is 6.43. The average molecular weight is 273 g/mol. The van der Waals surface area contributed by atoms with Gasteiger partial charge in [-0.3, -0.25) is 9.67 Å². The molecule has 0 saturated carbocycles. The van der Waals surface area contributed by atoms with E-state index < -0.39 is 12.1 Å². The predicted molar refractivity (Wildman–Crippen MR) is 70.8 cm³/mol. The van der Waals surface area contributed by atoms with Gasteiger partial charge in [0, 0.05) is 29.6 Å². The quantitative estimate of drug-likeness (QED) is 0.918. The minimum atomic E-state index is -0.949. The molecule has 104 valence electrons. The van der Waals surface area contributed by atoms with E-state index in [9.17, 15) is 4.79 Å². The van der Waals surface area contributed by atoms with Crippen LogP contribution in [0.2, 0.25) is 0 Å². The highest BCUT2D eigenvalue weighted by molar-refractivity contribution is 5.75. The average Bonchev–Trinajstić information content (AvgIpc) is 2.90. The zero-order chi connectivity index (χ0) is 14.3. The van der Waals surface area contributed by atoms with Crippen molar-refractivity contribution in [3.63, 3.8) is 0 Å².